The molecule has 0 saturated heterocycles. The molecular weight excluding hydrogens is 274 g/mol. The Morgan fingerprint density at radius 1 is 1.23 bits per heavy atom. The average molecular weight is 299 g/mol. The number of Topliss-reactive ketones (excluding diaryl/α,β-unsaturated/α-hetero) is 1. The van der Waals surface area contributed by atoms with E-state index in [0.717, 1.165) is 24.1 Å². The van der Waals surface area contributed by atoms with Gasteiger partial charge in [-0.3, -0.25) is 9.79 Å². The number of carbonyl (C=O) groups excluding carboxylic acids is 1. The number of carbonyl (C=O) groups is 1. The number of aliphatic hydroxyl groups excluding tert-OH is 1. The van der Waals surface area contributed by atoms with Gasteiger partial charge in [0, 0.05) is 25.1 Å². The molecule has 118 valence electrons. The van der Waals surface area contributed by atoms with Gasteiger partial charge >= 0.3 is 0 Å². The maximum absolute atomic E-state index is 12.5. The van der Waals surface area contributed by atoms with Crippen LogP contribution in [0.25, 0.3) is 0 Å². The number of ketones is 1. The fourth-order valence-electron chi connectivity index (χ4n) is 2.87. The minimum atomic E-state index is -0.0831. The van der Waals surface area contributed by atoms with Crippen LogP contribution in [-0.4, -0.2) is 23.1 Å². The Bertz CT molecular complexity index is 597. The molecule has 1 aromatic carbocycles. The molecule has 3 heteroatoms. The summed E-state index contributed by atoms with van der Waals surface area (Å²) in [5.74, 6) is 0.168. The van der Waals surface area contributed by atoms with E-state index in [9.17, 15) is 9.90 Å². The van der Waals surface area contributed by atoms with Crippen molar-refractivity contribution in [3.63, 3.8) is 0 Å². The van der Waals surface area contributed by atoms with E-state index in [4.69, 9.17) is 0 Å². The second kappa shape index (κ2) is 6.91. The van der Waals surface area contributed by atoms with Crippen LogP contribution in [0.4, 0.5) is 0 Å². The SMILES string of the molecule is CCCN=C1CC(C)(C)CC(=O)/C1=C(/O)Cc1ccccc1. The molecule has 1 saturated carbocycles. The van der Waals surface area contributed by atoms with Gasteiger partial charge in [0.15, 0.2) is 5.78 Å². The van der Waals surface area contributed by atoms with Gasteiger partial charge in [-0.25, -0.2) is 0 Å². The second-order valence-electron chi connectivity index (χ2n) is 6.75. The number of hydrogen-bond donors (Lipinski definition) is 1. The summed E-state index contributed by atoms with van der Waals surface area (Å²) in [6.07, 6.45) is 2.53. The molecule has 1 aliphatic carbocycles. The van der Waals surface area contributed by atoms with Crippen LogP contribution in [0.15, 0.2) is 46.7 Å². The standard InChI is InChI=1S/C19H25NO2/c1-4-10-20-15-12-19(2,3)13-17(22)18(15)16(21)11-14-8-6-5-7-9-14/h5-9,21H,4,10-13H2,1-3H3/b18-16+,20-15?. The molecule has 1 N–H and O–H groups in total. The Hall–Kier alpha value is -1.90. The van der Waals surface area contributed by atoms with Gasteiger partial charge in [0.05, 0.1) is 5.57 Å². The molecule has 22 heavy (non-hydrogen) atoms. The highest BCUT2D eigenvalue weighted by molar-refractivity contribution is 6.24. The van der Waals surface area contributed by atoms with Crippen molar-refractivity contribution >= 4 is 11.5 Å². The third kappa shape index (κ3) is 4.06. The summed E-state index contributed by atoms with van der Waals surface area (Å²) >= 11 is 0. The fraction of sp³-hybridized carbons (Fsp3) is 0.474. The monoisotopic (exact) mass is 299 g/mol. The highest BCUT2D eigenvalue weighted by Crippen LogP contribution is 2.35. The van der Waals surface area contributed by atoms with E-state index in [-0.39, 0.29) is 17.0 Å². The largest absolute Gasteiger partial charge is 0.511 e. The molecule has 3 nitrogen and oxygen atoms in total. The van der Waals surface area contributed by atoms with Crippen molar-refractivity contribution in [3.05, 3.63) is 47.2 Å². The molecule has 0 amide bonds. The lowest BCUT2D eigenvalue weighted by atomic mass is 9.73. The first-order valence-electron chi connectivity index (χ1n) is 7.96. The van der Waals surface area contributed by atoms with Crippen molar-refractivity contribution in [1.82, 2.24) is 0 Å². The van der Waals surface area contributed by atoms with Gasteiger partial charge in [-0.1, -0.05) is 51.1 Å². The summed E-state index contributed by atoms with van der Waals surface area (Å²) in [5.41, 5.74) is 2.15. The molecule has 1 aliphatic rings. The van der Waals surface area contributed by atoms with Gasteiger partial charge in [-0.2, -0.15) is 0 Å². The molecule has 0 heterocycles. The van der Waals surface area contributed by atoms with Crippen LogP contribution in [0.3, 0.4) is 0 Å². The van der Waals surface area contributed by atoms with E-state index >= 15 is 0 Å². The topological polar surface area (TPSA) is 49.7 Å². The van der Waals surface area contributed by atoms with Gasteiger partial charge in [0.2, 0.25) is 0 Å². The van der Waals surface area contributed by atoms with E-state index in [2.05, 4.69) is 25.8 Å². The molecule has 0 unspecified atom stereocenters. The molecule has 1 fully saturated rings. The van der Waals surface area contributed by atoms with Crippen molar-refractivity contribution < 1.29 is 9.90 Å². The van der Waals surface area contributed by atoms with E-state index in [1.54, 1.807) is 0 Å². The summed E-state index contributed by atoms with van der Waals surface area (Å²) in [5, 5.41) is 10.5. The van der Waals surface area contributed by atoms with Crippen LogP contribution < -0.4 is 0 Å². The van der Waals surface area contributed by atoms with Crippen LogP contribution >= 0.6 is 0 Å². The highest BCUT2D eigenvalue weighted by Gasteiger charge is 2.35. The van der Waals surface area contributed by atoms with Crippen molar-refractivity contribution in [2.24, 2.45) is 10.4 Å². The number of benzene rings is 1. The van der Waals surface area contributed by atoms with Gasteiger partial charge < -0.3 is 5.11 Å². The fourth-order valence-corrected chi connectivity index (χ4v) is 2.87. The Labute approximate surface area is 132 Å². The first-order valence-corrected chi connectivity index (χ1v) is 7.96. The first kappa shape index (κ1) is 16.5. The number of rotatable bonds is 4. The van der Waals surface area contributed by atoms with Gasteiger partial charge in [-0.15, -0.1) is 0 Å². The minimum absolute atomic E-state index is 0.0135. The number of allylic oxidation sites excluding steroid dienone is 2. The lowest BCUT2D eigenvalue weighted by molar-refractivity contribution is -0.117. The average Bonchev–Trinajstić information content (AvgIpc) is 2.44. The maximum atomic E-state index is 12.5. The molecular formula is C19H25NO2. The van der Waals surface area contributed by atoms with Crippen molar-refractivity contribution in [1.29, 1.82) is 0 Å². The van der Waals surface area contributed by atoms with Crippen molar-refractivity contribution in [2.75, 3.05) is 6.54 Å². The van der Waals surface area contributed by atoms with E-state index in [1.165, 1.54) is 0 Å². The second-order valence-corrected chi connectivity index (χ2v) is 6.75. The predicted molar refractivity (Wildman–Crippen MR) is 90.4 cm³/mol. The van der Waals surface area contributed by atoms with Crippen molar-refractivity contribution in [3.8, 4) is 0 Å². The molecule has 0 atom stereocenters. The zero-order valence-electron chi connectivity index (χ0n) is 13.7. The van der Waals surface area contributed by atoms with Crippen LogP contribution in [0, 0.1) is 5.41 Å². The molecule has 0 radical (unpaired) electrons. The lowest BCUT2D eigenvalue weighted by Gasteiger charge is -2.31. The smallest absolute Gasteiger partial charge is 0.168 e. The van der Waals surface area contributed by atoms with Gasteiger partial charge in [0.25, 0.3) is 0 Å². The first-order chi connectivity index (χ1) is 10.4. The Morgan fingerprint density at radius 2 is 1.91 bits per heavy atom. The Kier molecular flexibility index (Phi) is 5.17. The van der Waals surface area contributed by atoms with Crippen LogP contribution in [0.1, 0.15) is 45.6 Å². The molecule has 0 aliphatic heterocycles. The Balaban J connectivity index is 2.35. The quantitative estimate of drug-likeness (QED) is 0.666. The molecule has 0 bridgehead atoms. The van der Waals surface area contributed by atoms with E-state index < -0.39 is 0 Å². The van der Waals surface area contributed by atoms with E-state index in [0.29, 0.717) is 25.0 Å². The lowest BCUT2D eigenvalue weighted by Crippen LogP contribution is -2.33. The Morgan fingerprint density at radius 3 is 2.55 bits per heavy atom. The molecule has 0 aromatic heterocycles. The highest BCUT2D eigenvalue weighted by atomic mass is 16.3. The molecule has 1 aromatic rings. The summed E-state index contributed by atoms with van der Waals surface area (Å²) in [7, 11) is 0. The third-order valence-corrected chi connectivity index (χ3v) is 3.88. The summed E-state index contributed by atoms with van der Waals surface area (Å²) in [4.78, 5) is 17.1. The number of nitrogens with zero attached hydrogens (tertiary/aromatic N) is 1. The zero-order chi connectivity index (χ0) is 16.2. The summed E-state index contributed by atoms with van der Waals surface area (Å²) in [6, 6.07) is 9.72. The minimum Gasteiger partial charge on any atom is -0.511 e. The zero-order valence-corrected chi connectivity index (χ0v) is 13.7. The van der Waals surface area contributed by atoms with Crippen LogP contribution in [0.2, 0.25) is 0 Å². The van der Waals surface area contributed by atoms with Crippen LogP contribution in [0.5, 0.6) is 0 Å². The normalized spacial score (nSPS) is 22.0. The number of aliphatic hydroxyl groups is 1. The summed E-state index contributed by atoms with van der Waals surface area (Å²) in [6.45, 7) is 6.92. The summed E-state index contributed by atoms with van der Waals surface area (Å²) < 4.78 is 0. The molecule has 0 spiro atoms. The predicted octanol–water partition coefficient (Wildman–Crippen LogP) is 4.28. The third-order valence-electron chi connectivity index (χ3n) is 3.88. The van der Waals surface area contributed by atoms with Gasteiger partial charge in [-0.05, 0) is 23.8 Å². The molecule has 2 rings (SSSR count). The number of aliphatic imine (C=N–C) groups is 1. The van der Waals surface area contributed by atoms with Crippen LogP contribution in [-0.2, 0) is 11.2 Å². The number of hydrogen-bond acceptors (Lipinski definition) is 3. The maximum Gasteiger partial charge on any atom is 0.168 e. The van der Waals surface area contributed by atoms with Gasteiger partial charge in [0.1, 0.15) is 5.76 Å². The van der Waals surface area contributed by atoms with Crippen molar-refractivity contribution in [2.45, 2.75) is 46.5 Å². The van der Waals surface area contributed by atoms with E-state index in [1.807, 2.05) is 30.3 Å².